The fraction of sp³-hybridized carbons (Fsp3) is 0.783. The summed E-state index contributed by atoms with van der Waals surface area (Å²) in [5.41, 5.74) is 1.49. The molecule has 1 aromatic rings. The number of carbonyl (C=O) groups is 2. The Morgan fingerprint density at radius 3 is 2.62 bits per heavy atom. The Bertz CT molecular complexity index is 773. The Kier molecular flexibility index (Phi) is 11.9. The highest BCUT2D eigenvalue weighted by Gasteiger charge is 2.29. The lowest BCUT2D eigenvalue weighted by molar-refractivity contribution is -0.136. The summed E-state index contributed by atoms with van der Waals surface area (Å²) in [4.78, 5) is 28.6. The second kappa shape index (κ2) is 14.4. The van der Waals surface area contributed by atoms with Gasteiger partial charge in [-0.1, -0.05) is 0 Å². The van der Waals surface area contributed by atoms with E-state index in [-0.39, 0.29) is 31.5 Å². The van der Waals surface area contributed by atoms with E-state index in [0.29, 0.717) is 38.3 Å². The maximum atomic E-state index is 12.7. The molecule has 2 heterocycles. The van der Waals surface area contributed by atoms with E-state index in [1.54, 1.807) is 9.58 Å². The van der Waals surface area contributed by atoms with Gasteiger partial charge in [0.1, 0.15) is 18.3 Å². The van der Waals surface area contributed by atoms with Crippen molar-refractivity contribution in [3.63, 3.8) is 0 Å². The third kappa shape index (κ3) is 8.95. The lowest BCUT2D eigenvalue weighted by Gasteiger charge is -2.31. The summed E-state index contributed by atoms with van der Waals surface area (Å²) in [5, 5.41) is 28.0. The molecule has 0 bridgehead atoms. The number of hydrogen-bond donors (Lipinski definition) is 3. The van der Waals surface area contributed by atoms with Crippen LogP contribution in [0.4, 0.5) is 5.69 Å². The number of aliphatic hydroxyl groups is 2. The molecule has 0 aromatic carbocycles. The summed E-state index contributed by atoms with van der Waals surface area (Å²) < 4.78 is 12.7. The number of ether oxygens (including phenoxy) is 2. The Labute approximate surface area is 202 Å². The predicted octanol–water partition coefficient (Wildman–Crippen LogP) is 0.238. The van der Waals surface area contributed by atoms with Gasteiger partial charge in [-0.3, -0.25) is 19.2 Å². The number of rotatable bonds is 5. The van der Waals surface area contributed by atoms with Crippen LogP contribution in [0.1, 0.15) is 38.8 Å². The summed E-state index contributed by atoms with van der Waals surface area (Å²) in [6.45, 7) is 8.66. The molecule has 1 aromatic heterocycles. The Hall–Kier alpha value is -2.05. The van der Waals surface area contributed by atoms with Gasteiger partial charge < -0.3 is 29.9 Å². The SMILES string of the molecule is CCn1cc(NC(=O)CN2CCCCOC[C@H](O)[C@H](O)[C@@H](OC)CN(C(C)=O)CCC2)c(C)n1. The zero-order chi connectivity index (χ0) is 25.1. The number of anilines is 1. The first-order chi connectivity index (χ1) is 16.2. The van der Waals surface area contributed by atoms with E-state index >= 15 is 0 Å². The summed E-state index contributed by atoms with van der Waals surface area (Å²) in [6.07, 6.45) is 1.05. The molecular formula is C23H41N5O6. The average Bonchev–Trinajstić information content (AvgIpc) is 3.15. The van der Waals surface area contributed by atoms with Crippen molar-refractivity contribution in [3.05, 3.63) is 11.9 Å². The van der Waals surface area contributed by atoms with Gasteiger partial charge in [0.2, 0.25) is 11.8 Å². The fourth-order valence-corrected chi connectivity index (χ4v) is 3.96. The maximum absolute atomic E-state index is 12.7. The number of amides is 2. The van der Waals surface area contributed by atoms with Crippen molar-refractivity contribution in [2.75, 3.05) is 58.4 Å². The molecule has 1 aliphatic heterocycles. The summed E-state index contributed by atoms with van der Waals surface area (Å²) in [5.74, 6) is -0.251. The van der Waals surface area contributed by atoms with Crippen molar-refractivity contribution in [3.8, 4) is 0 Å². The molecule has 11 nitrogen and oxygen atoms in total. The van der Waals surface area contributed by atoms with Crippen LogP contribution in [0.5, 0.6) is 0 Å². The third-order valence-electron chi connectivity index (χ3n) is 6.04. The van der Waals surface area contributed by atoms with Crippen LogP contribution in [0.25, 0.3) is 0 Å². The highest BCUT2D eigenvalue weighted by Crippen LogP contribution is 2.13. The van der Waals surface area contributed by atoms with Crippen molar-refractivity contribution in [1.82, 2.24) is 19.6 Å². The predicted molar refractivity (Wildman–Crippen MR) is 127 cm³/mol. The minimum absolute atomic E-state index is 0.0159. The number of methoxy groups -OCH3 is 1. The lowest BCUT2D eigenvalue weighted by atomic mass is 10.1. The number of carbonyl (C=O) groups excluding carboxylic acids is 2. The first-order valence-corrected chi connectivity index (χ1v) is 12.0. The van der Waals surface area contributed by atoms with Gasteiger partial charge >= 0.3 is 0 Å². The molecule has 0 spiro atoms. The summed E-state index contributed by atoms with van der Waals surface area (Å²) in [6, 6.07) is 0. The monoisotopic (exact) mass is 483 g/mol. The number of nitrogens with zero attached hydrogens (tertiary/aromatic N) is 4. The Balaban J connectivity index is 2.02. The van der Waals surface area contributed by atoms with E-state index in [0.717, 1.165) is 25.1 Å². The highest BCUT2D eigenvalue weighted by atomic mass is 16.5. The molecule has 1 aliphatic rings. The Morgan fingerprint density at radius 2 is 1.97 bits per heavy atom. The van der Waals surface area contributed by atoms with Gasteiger partial charge in [0.15, 0.2) is 0 Å². The lowest BCUT2D eigenvalue weighted by Crippen LogP contribution is -2.48. The van der Waals surface area contributed by atoms with Gasteiger partial charge in [0.05, 0.1) is 24.5 Å². The summed E-state index contributed by atoms with van der Waals surface area (Å²) >= 11 is 0. The number of hydrogen-bond acceptors (Lipinski definition) is 8. The van der Waals surface area contributed by atoms with Gasteiger partial charge in [0.25, 0.3) is 0 Å². The topological polar surface area (TPSA) is 129 Å². The minimum Gasteiger partial charge on any atom is -0.388 e. The normalized spacial score (nSPS) is 24.3. The van der Waals surface area contributed by atoms with Crippen LogP contribution in [0, 0.1) is 6.92 Å². The van der Waals surface area contributed by atoms with Crippen molar-refractivity contribution < 1.29 is 29.3 Å². The molecule has 0 aliphatic carbocycles. The van der Waals surface area contributed by atoms with Crippen molar-refractivity contribution >= 4 is 17.5 Å². The van der Waals surface area contributed by atoms with Crippen LogP contribution < -0.4 is 5.32 Å². The van der Waals surface area contributed by atoms with Crippen LogP contribution >= 0.6 is 0 Å². The molecule has 2 rings (SSSR count). The smallest absolute Gasteiger partial charge is 0.238 e. The quantitative estimate of drug-likeness (QED) is 0.543. The highest BCUT2D eigenvalue weighted by molar-refractivity contribution is 5.92. The van der Waals surface area contributed by atoms with Gasteiger partial charge in [-0.25, -0.2) is 0 Å². The molecule has 11 heteroatoms. The van der Waals surface area contributed by atoms with E-state index in [2.05, 4.69) is 15.3 Å². The first-order valence-electron chi connectivity index (χ1n) is 12.0. The molecule has 3 N–H and O–H groups in total. The van der Waals surface area contributed by atoms with Crippen molar-refractivity contribution in [2.45, 2.75) is 64.9 Å². The molecule has 2 amide bonds. The van der Waals surface area contributed by atoms with Crippen LogP contribution in [-0.4, -0.2) is 113 Å². The molecule has 194 valence electrons. The van der Waals surface area contributed by atoms with Gasteiger partial charge in [-0.15, -0.1) is 0 Å². The molecule has 0 saturated carbocycles. The van der Waals surface area contributed by atoms with E-state index in [1.165, 1.54) is 14.0 Å². The van der Waals surface area contributed by atoms with Crippen molar-refractivity contribution in [2.24, 2.45) is 0 Å². The molecule has 0 radical (unpaired) electrons. The number of nitrogens with one attached hydrogen (secondary N) is 1. The summed E-state index contributed by atoms with van der Waals surface area (Å²) in [7, 11) is 1.44. The zero-order valence-electron chi connectivity index (χ0n) is 20.9. The first kappa shape index (κ1) is 28.2. The molecule has 3 atom stereocenters. The second-order valence-corrected chi connectivity index (χ2v) is 8.74. The minimum atomic E-state index is -1.17. The third-order valence-corrected chi connectivity index (χ3v) is 6.04. The van der Waals surface area contributed by atoms with E-state index in [1.807, 2.05) is 20.0 Å². The molecule has 0 unspecified atom stereocenters. The number of aryl methyl sites for hydroxylation is 2. The Morgan fingerprint density at radius 1 is 1.24 bits per heavy atom. The number of aromatic nitrogens is 2. The van der Waals surface area contributed by atoms with Crippen LogP contribution in [0.2, 0.25) is 0 Å². The van der Waals surface area contributed by atoms with Crippen LogP contribution in [0.15, 0.2) is 6.20 Å². The maximum Gasteiger partial charge on any atom is 0.238 e. The molecule has 1 fully saturated rings. The molecule has 34 heavy (non-hydrogen) atoms. The average molecular weight is 484 g/mol. The van der Waals surface area contributed by atoms with E-state index in [4.69, 9.17) is 9.47 Å². The van der Waals surface area contributed by atoms with Crippen LogP contribution in [0.3, 0.4) is 0 Å². The standard InChI is InChI=1S/C23H41N5O6/c1-5-28-13-19(17(2)25-28)24-22(31)15-26-9-6-7-12-34-16-20(30)23(32)21(33-4)14-27(18(3)29)11-8-10-26/h13,20-21,23,30,32H,5-12,14-16H2,1-4H3,(H,24,31)/t20-,21-,23-/m0/s1. The molecule has 1 saturated heterocycles. The van der Waals surface area contributed by atoms with Gasteiger partial charge in [0, 0.05) is 53.0 Å². The molecular weight excluding hydrogens is 442 g/mol. The number of aliphatic hydroxyl groups excluding tert-OH is 2. The fourth-order valence-electron chi connectivity index (χ4n) is 3.96. The van der Waals surface area contributed by atoms with Gasteiger partial charge in [-0.2, -0.15) is 5.10 Å². The van der Waals surface area contributed by atoms with E-state index < -0.39 is 18.3 Å². The largest absolute Gasteiger partial charge is 0.388 e. The van der Waals surface area contributed by atoms with Crippen LogP contribution in [-0.2, 0) is 25.6 Å². The second-order valence-electron chi connectivity index (χ2n) is 8.74. The van der Waals surface area contributed by atoms with Gasteiger partial charge in [-0.05, 0) is 39.7 Å². The van der Waals surface area contributed by atoms with E-state index in [9.17, 15) is 19.8 Å². The zero-order valence-corrected chi connectivity index (χ0v) is 20.9. The van der Waals surface area contributed by atoms with Crippen molar-refractivity contribution in [1.29, 1.82) is 0 Å².